The fourth-order valence-corrected chi connectivity index (χ4v) is 3.91. The Kier molecular flexibility index (Phi) is 6.44. The number of nitrogens with zero attached hydrogens (tertiary/aromatic N) is 3. The number of amides is 2. The zero-order valence-electron chi connectivity index (χ0n) is 17.4. The van der Waals surface area contributed by atoms with Crippen molar-refractivity contribution in [2.24, 2.45) is 5.92 Å². The molecule has 1 saturated heterocycles. The molecule has 2 heterocycles. The number of carbonyl (C=O) groups excluding carboxylic acids is 1. The number of carbonyl (C=O) groups is 1. The minimum atomic E-state index is -0.264. The van der Waals surface area contributed by atoms with Gasteiger partial charge in [-0.1, -0.05) is 49.4 Å². The molecule has 2 amide bonds. The van der Waals surface area contributed by atoms with Crippen LogP contribution in [0.2, 0.25) is 0 Å². The van der Waals surface area contributed by atoms with Crippen LogP contribution >= 0.6 is 0 Å². The van der Waals surface area contributed by atoms with Gasteiger partial charge in [-0.05, 0) is 48.6 Å². The smallest absolute Gasteiger partial charge is 0.320 e. The van der Waals surface area contributed by atoms with Crippen molar-refractivity contribution in [1.29, 1.82) is 0 Å². The molecule has 2 aromatic carbocycles. The quantitative estimate of drug-likeness (QED) is 0.640. The molecule has 30 heavy (non-hydrogen) atoms. The van der Waals surface area contributed by atoms with Crippen LogP contribution in [0, 0.1) is 5.92 Å². The molecule has 1 fully saturated rings. The fraction of sp³-hybridized carbons (Fsp3) is 0.333. The highest BCUT2D eigenvalue weighted by atomic mass is 16.2. The van der Waals surface area contributed by atoms with E-state index >= 15 is 0 Å². The Balaban J connectivity index is 1.24. The lowest BCUT2D eigenvalue weighted by Crippen LogP contribution is -2.33. The van der Waals surface area contributed by atoms with E-state index in [1.807, 2.05) is 36.5 Å². The average molecular weight is 404 g/mol. The maximum atomic E-state index is 12.2. The van der Waals surface area contributed by atoms with Crippen molar-refractivity contribution in [3.63, 3.8) is 0 Å². The first-order chi connectivity index (χ1) is 14.7. The second-order valence-electron chi connectivity index (χ2n) is 8.09. The first-order valence-electron chi connectivity index (χ1n) is 10.6. The van der Waals surface area contributed by atoms with Crippen molar-refractivity contribution < 1.29 is 4.79 Å². The molecule has 6 heteroatoms. The van der Waals surface area contributed by atoms with Crippen LogP contribution in [-0.2, 0) is 13.1 Å². The molecule has 1 aliphatic rings. The molecule has 0 aliphatic carbocycles. The largest absolute Gasteiger partial charge is 0.334 e. The SMILES string of the molecule is C[C@@H]1CCCN(Cc2ccc(CNC(=O)Nc3ccn(-c4ccccc4)n3)cc2)C1. The number of para-hydroxylation sites is 1. The van der Waals surface area contributed by atoms with E-state index in [0.29, 0.717) is 12.4 Å². The number of hydrogen-bond donors (Lipinski definition) is 2. The second-order valence-corrected chi connectivity index (χ2v) is 8.09. The maximum Gasteiger partial charge on any atom is 0.320 e. The molecule has 1 aliphatic heterocycles. The number of nitrogens with one attached hydrogen (secondary N) is 2. The Morgan fingerprint density at radius 1 is 1.07 bits per heavy atom. The van der Waals surface area contributed by atoms with Gasteiger partial charge in [-0.25, -0.2) is 9.48 Å². The third-order valence-corrected chi connectivity index (χ3v) is 5.47. The van der Waals surface area contributed by atoms with E-state index in [0.717, 1.165) is 23.7 Å². The molecule has 4 rings (SSSR count). The molecule has 0 bridgehead atoms. The number of piperidine rings is 1. The maximum absolute atomic E-state index is 12.2. The molecule has 156 valence electrons. The van der Waals surface area contributed by atoms with Crippen LogP contribution in [0.15, 0.2) is 66.9 Å². The number of likely N-dealkylation sites (tertiary alicyclic amines) is 1. The van der Waals surface area contributed by atoms with E-state index in [-0.39, 0.29) is 6.03 Å². The van der Waals surface area contributed by atoms with E-state index in [1.54, 1.807) is 10.7 Å². The number of anilines is 1. The summed E-state index contributed by atoms with van der Waals surface area (Å²) in [6.07, 6.45) is 4.46. The van der Waals surface area contributed by atoms with Gasteiger partial charge in [0.25, 0.3) is 0 Å². The number of urea groups is 1. The molecule has 0 saturated carbocycles. The lowest BCUT2D eigenvalue weighted by atomic mass is 9.99. The summed E-state index contributed by atoms with van der Waals surface area (Å²) in [5.41, 5.74) is 3.35. The van der Waals surface area contributed by atoms with E-state index < -0.39 is 0 Å². The van der Waals surface area contributed by atoms with Crippen LogP contribution in [-0.4, -0.2) is 33.8 Å². The molecule has 2 N–H and O–H groups in total. The highest BCUT2D eigenvalue weighted by Crippen LogP contribution is 2.18. The summed E-state index contributed by atoms with van der Waals surface area (Å²) in [5.74, 6) is 1.31. The van der Waals surface area contributed by atoms with Gasteiger partial charge < -0.3 is 5.32 Å². The molecule has 1 atom stereocenters. The van der Waals surface area contributed by atoms with Gasteiger partial charge in [0.2, 0.25) is 0 Å². The highest BCUT2D eigenvalue weighted by molar-refractivity contribution is 5.88. The predicted molar refractivity (Wildman–Crippen MR) is 120 cm³/mol. The van der Waals surface area contributed by atoms with Gasteiger partial charge in [-0.15, -0.1) is 5.10 Å². The molecule has 1 aromatic heterocycles. The van der Waals surface area contributed by atoms with Crippen molar-refractivity contribution in [2.45, 2.75) is 32.9 Å². The summed E-state index contributed by atoms with van der Waals surface area (Å²) in [7, 11) is 0. The minimum Gasteiger partial charge on any atom is -0.334 e. The van der Waals surface area contributed by atoms with Crippen molar-refractivity contribution in [3.8, 4) is 5.69 Å². The fourth-order valence-electron chi connectivity index (χ4n) is 3.91. The standard InChI is InChI=1S/C24H29N5O/c1-19-6-5-14-28(17-19)18-21-11-9-20(10-12-21)16-25-24(30)26-23-13-15-29(27-23)22-7-3-2-4-8-22/h2-4,7-13,15,19H,5-6,14,16-18H2,1H3,(H2,25,26,27,30)/t19-/m1/s1. The van der Waals surface area contributed by atoms with Gasteiger partial charge in [-0.2, -0.15) is 0 Å². The Bertz CT molecular complexity index is 951. The zero-order chi connectivity index (χ0) is 20.8. The number of hydrogen-bond acceptors (Lipinski definition) is 3. The molecule has 3 aromatic rings. The zero-order valence-corrected chi connectivity index (χ0v) is 17.4. The molecular weight excluding hydrogens is 374 g/mol. The summed E-state index contributed by atoms with van der Waals surface area (Å²) in [6, 6.07) is 19.8. The minimum absolute atomic E-state index is 0.264. The van der Waals surface area contributed by atoms with Crippen LogP contribution < -0.4 is 10.6 Å². The third-order valence-electron chi connectivity index (χ3n) is 5.47. The van der Waals surface area contributed by atoms with Crippen molar-refractivity contribution in [3.05, 3.63) is 78.0 Å². The number of aromatic nitrogens is 2. The molecular formula is C24H29N5O. The van der Waals surface area contributed by atoms with Crippen LogP contribution in [0.5, 0.6) is 0 Å². The number of rotatable bonds is 6. The van der Waals surface area contributed by atoms with Crippen LogP contribution in [0.4, 0.5) is 10.6 Å². The predicted octanol–water partition coefficient (Wildman–Crippen LogP) is 4.43. The summed E-state index contributed by atoms with van der Waals surface area (Å²) >= 11 is 0. The molecule has 6 nitrogen and oxygen atoms in total. The van der Waals surface area contributed by atoms with Gasteiger partial charge in [0.05, 0.1) is 5.69 Å². The van der Waals surface area contributed by atoms with Gasteiger partial charge in [0.15, 0.2) is 5.82 Å². The summed E-state index contributed by atoms with van der Waals surface area (Å²) < 4.78 is 1.73. The Labute approximate surface area is 177 Å². The van der Waals surface area contributed by atoms with E-state index in [1.165, 1.54) is 31.5 Å². The Hall–Kier alpha value is -3.12. The summed E-state index contributed by atoms with van der Waals surface area (Å²) in [4.78, 5) is 14.7. The van der Waals surface area contributed by atoms with Crippen molar-refractivity contribution >= 4 is 11.8 Å². The normalized spacial score (nSPS) is 16.9. The molecule has 0 unspecified atom stereocenters. The second kappa shape index (κ2) is 9.59. The molecule has 0 radical (unpaired) electrons. The van der Waals surface area contributed by atoms with Crippen molar-refractivity contribution in [2.75, 3.05) is 18.4 Å². The van der Waals surface area contributed by atoms with Gasteiger partial charge in [0.1, 0.15) is 0 Å². The lowest BCUT2D eigenvalue weighted by molar-refractivity contribution is 0.176. The Morgan fingerprint density at radius 2 is 1.83 bits per heavy atom. The van der Waals surface area contributed by atoms with E-state index in [4.69, 9.17) is 0 Å². The average Bonchev–Trinajstić information content (AvgIpc) is 3.22. The third kappa shape index (κ3) is 5.48. The molecule has 0 spiro atoms. The highest BCUT2D eigenvalue weighted by Gasteiger charge is 2.16. The van der Waals surface area contributed by atoms with E-state index in [2.05, 4.69) is 51.8 Å². The first-order valence-corrected chi connectivity index (χ1v) is 10.6. The monoisotopic (exact) mass is 403 g/mol. The first kappa shape index (κ1) is 20.2. The van der Waals surface area contributed by atoms with E-state index in [9.17, 15) is 4.79 Å². The topological polar surface area (TPSA) is 62.2 Å². The van der Waals surface area contributed by atoms with Gasteiger partial charge in [0, 0.05) is 31.9 Å². The summed E-state index contributed by atoms with van der Waals surface area (Å²) in [5, 5.41) is 10.1. The van der Waals surface area contributed by atoms with Gasteiger partial charge in [-0.3, -0.25) is 10.2 Å². The van der Waals surface area contributed by atoms with Crippen molar-refractivity contribution in [1.82, 2.24) is 20.0 Å². The lowest BCUT2D eigenvalue weighted by Gasteiger charge is -2.30. The Morgan fingerprint density at radius 3 is 2.60 bits per heavy atom. The van der Waals surface area contributed by atoms with Gasteiger partial charge >= 0.3 is 6.03 Å². The van der Waals surface area contributed by atoms with Crippen LogP contribution in [0.1, 0.15) is 30.9 Å². The number of benzene rings is 2. The van der Waals surface area contributed by atoms with Crippen LogP contribution in [0.3, 0.4) is 0 Å². The summed E-state index contributed by atoms with van der Waals surface area (Å²) in [6.45, 7) is 6.18. The van der Waals surface area contributed by atoms with Crippen LogP contribution in [0.25, 0.3) is 5.69 Å².